The number of hydrogen-bond donors (Lipinski definition) is 0. The Bertz CT molecular complexity index is 292. The van der Waals surface area contributed by atoms with E-state index >= 15 is 0 Å². The third kappa shape index (κ3) is 3.25. The van der Waals surface area contributed by atoms with Gasteiger partial charge in [0.05, 0.1) is 0 Å². The summed E-state index contributed by atoms with van der Waals surface area (Å²) < 4.78 is 0. The molecule has 0 radical (unpaired) electrons. The largest absolute Gasteiger partial charge is 0.0651 e. The molecule has 0 spiro atoms. The van der Waals surface area contributed by atoms with Crippen LogP contribution in [0.25, 0.3) is 0 Å². The second kappa shape index (κ2) is 6.84. The zero-order chi connectivity index (χ0) is 15.7. The molecular weight excluding hydrogens is 240 g/mol. The first-order chi connectivity index (χ1) is 9.16. The fraction of sp³-hybridized carbons (Fsp3) is 1.00. The second-order valence-corrected chi connectivity index (χ2v) is 8.64. The summed E-state index contributed by atoms with van der Waals surface area (Å²) in [5.74, 6) is 5.99. The molecule has 0 bridgehead atoms. The molecule has 120 valence electrons. The quantitative estimate of drug-likeness (QED) is 0.490. The van der Waals surface area contributed by atoms with E-state index in [1.807, 2.05) is 0 Å². The van der Waals surface area contributed by atoms with E-state index in [1.165, 1.54) is 19.3 Å². The van der Waals surface area contributed by atoms with Crippen LogP contribution in [0.2, 0.25) is 0 Å². The Labute approximate surface area is 129 Å². The predicted octanol–water partition coefficient (Wildman–Crippen LogP) is 6.65. The van der Waals surface area contributed by atoms with Crippen molar-refractivity contribution in [3.63, 3.8) is 0 Å². The van der Waals surface area contributed by atoms with Gasteiger partial charge >= 0.3 is 0 Å². The summed E-state index contributed by atoms with van der Waals surface area (Å²) in [5.41, 5.74) is 0.614. The van der Waals surface area contributed by atoms with Gasteiger partial charge in [-0.1, -0.05) is 68.7 Å². The van der Waals surface area contributed by atoms with Crippen LogP contribution in [-0.2, 0) is 0 Å². The Hall–Kier alpha value is 0. The standard InChI is InChI=1S/C20H40/c1-10-19(20(9)12-11-14(20)4)18(8)17(7)16(6)15(5)13(2)3/h13-19H,10-12H2,1-9H3. The first kappa shape index (κ1) is 18.1. The zero-order valence-corrected chi connectivity index (χ0v) is 15.7. The third-order valence-corrected chi connectivity index (χ3v) is 7.70. The zero-order valence-electron chi connectivity index (χ0n) is 15.7. The molecule has 0 N–H and O–H groups in total. The molecule has 7 unspecified atom stereocenters. The van der Waals surface area contributed by atoms with Crippen molar-refractivity contribution in [2.75, 3.05) is 0 Å². The van der Waals surface area contributed by atoms with Gasteiger partial charge in [-0.05, 0) is 59.7 Å². The average molecular weight is 281 g/mol. The molecule has 1 aliphatic rings. The summed E-state index contributed by atoms with van der Waals surface area (Å²) in [5, 5.41) is 0. The van der Waals surface area contributed by atoms with Gasteiger partial charge in [0.1, 0.15) is 0 Å². The van der Waals surface area contributed by atoms with E-state index in [0.717, 1.165) is 41.4 Å². The number of hydrogen-bond acceptors (Lipinski definition) is 0. The van der Waals surface area contributed by atoms with Crippen LogP contribution in [0.15, 0.2) is 0 Å². The van der Waals surface area contributed by atoms with Crippen molar-refractivity contribution in [3.8, 4) is 0 Å². The fourth-order valence-electron chi connectivity index (χ4n) is 4.81. The number of rotatable bonds is 7. The van der Waals surface area contributed by atoms with E-state index in [2.05, 4.69) is 62.3 Å². The predicted molar refractivity (Wildman–Crippen MR) is 91.8 cm³/mol. The molecule has 0 heterocycles. The van der Waals surface area contributed by atoms with Gasteiger partial charge in [-0.3, -0.25) is 0 Å². The lowest BCUT2D eigenvalue weighted by Gasteiger charge is -2.54. The minimum atomic E-state index is 0.614. The van der Waals surface area contributed by atoms with E-state index in [-0.39, 0.29) is 0 Å². The van der Waals surface area contributed by atoms with Crippen molar-refractivity contribution in [2.24, 2.45) is 46.8 Å². The molecule has 7 atom stereocenters. The van der Waals surface area contributed by atoms with Crippen molar-refractivity contribution in [1.82, 2.24) is 0 Å². The Kier molecular flexibility index (Phi) is 6.17. The Balaban J connectivity index is 2.78. The highest BCUT2D eigenvalue weighted by molar-refractivity contribution is 4.97. The maximum Gasteiger partial charge on any atom is -0.0269 e. The lowest BCUT2D eigenvalue weighted by atomic mass is 9.51. The van der Waals surface area contributed by atoms with Gasteiger partial charge in [0.2, 0.25) is 0 Å². The average Bonchev–Trinajstić information content (AvgIpc) is 2.43. The first-order valence-electron chi connectivity index (χ1n) is 9.16. The van der Waals surface area contributed by atoms with E-state index in [4.69, 9.17) is 0 Å². The molecule has 0 aromatic heterocycles. The van der Waals surface area contributed by atoms with Gasteiger partial charge in [-0.15, -0.1) is 0 Å². The molecule has 0 amide bonds. The minimum absolute atomic E-state index is 0.614. The van der Waals surface area contributed by atoms with E-state index < -0.39 is 0 Å². The van der Waals surface area contributed by atoms with E-state index in [0.29, 0.717) is 5.41 Å². The van der Waals surface area contributed by atoms with Crippen LogP contribution in [0, 0.1) is 46.8 Å². The maximum atomic E-state index is 2.56. The smallest absolute Gasteiger partial charge is 0.0269 e. The van der Waals surface area contributed by atoms with Gasteiger partial charge in [0, 0.05) is 0 Å². The topological polar surface area (TPSA) is 0 Å². The van der Waals surface area contributed by atoms with Crippen LogP contribution >= 0.6 is 0 Å². The Morgan fingerprint density at radius 1 is 0.900 bits per heavy atom. The molecule has 20 heavy (non-hydrogen) atoms. The maximum absolute atomic E-state index is 2.56. The molecule has 0 aliphatic heterocycles. The Morgan fingerprint density at radius 3 is 1.70 bits per heavy atom. The van der Waals surface area contributed by atoms with Crippen LogP contribution in [0.1, 0.15) is 81.6 Å². The fourth-order valence-corrected chi connectivity index (χ4v) is 4.81. The van der Waals surface area contributed by atoms with Crippen molar-refractivity contribution < 1.29 is 0 Å². The van der Waals surface area contributed by atoms with Crippen molar-refractivity contribution >= 4 is 0 Å². The lowest BCUT2D eigenvalue weighted by molar-refractivity contribution is -0.0491. The van der Waals surface area contributed by atoms with Gasteiger partial charge in [-0.25, -0.2) is 0 Å². The Morgan fingerprint density at radius 2 is 1.40 bits per heavy atom. The molecule has 0 aromatic rings. The van der Waals surface area contributed by atoms with E-state index in [1.54, 1.807) is 0 Å². The monoisotopic (exact) mass is 280 g/mol. The van der Waals surface area contributed by atoms with Crippen LogP contribution < -0.4 is 0 Å². The minimum Gasteiger partial charge on any atom is -0.0651 e. The van der Waals surface area contributed by atoms with Crippen molar-refractivity contribution in [3.05, 3.63) is 0 Å². The molecule has 0 nitrogen and oxygen atoms in total. The summed E-state index contributed by atoms with van der Waals surface area (Å²) in [6, 6.07) is 0. The normalized spacial score (nSPS) is 34.2. The summed E-state index contributed by atoms with van der Waals surface area (Å²) in [4.78, 5) is 0. The van der Waals surface area contributed by atoms with Crippen molar-refractivity contribution in [1.29, 1.82) is 0 Å². The third-order valence-electron chi connectivity index (χ3n) is 7.70. The second-order valence-electron chi connectivity index (χ2n) is 8.64. The van der Waals surface area contributed by atoms with Crippen molar-refractivity contribution in [2.45, 2.75) is 81.6 Å². The molecule has 1 rings (SSSR count). The highest BCUT2D eigenvalue weighted by Gasteiger charge is 2.47. The molecule has 1 fully saturated rings. The van der Waals surface area contributed by atoms with Crippen LogP contribution in [0.4, 0.5) is 0 Å². The molecule has 1 aliphatic carbocycles. The molecule has 1 saturated carbocycles. The lowest BCUT2D eigenvalue weighted by Crippen LogP contribution is -2.46. The highest BCUT2D eigenvalue weighted by atomic mass is 14.5. The van der Waals surface area contributed by atoms with Gasteiger partial charge < -0.3 is 0 Å². The summed E-state index contributed by atoms with van der Waals surface area (Å²) in [6.07, 6.45) is 4.26. The van der Waals surface area contributed by atoms with Crippen LogP contribution in [0.3, 0.4) is 0 Å². The highest BCUT2D eigenvalue weighted by Crippen LogP contribution is 2.56. The first-order valence-corrected chi connectivity index (χ1v) is 9.16. The molecule has 0 heteroatoms. The van der Waals surface area contributed by atoms with Crippen LogP contribution in [-0.4, -0.2) is 0 Å². The van der Waals surface area contributed by atoms with Gasteiger partial charge in [0.15, 0.2) is 0 Å². The van der Waals surface area contributed by atoms with Gasteiger partial charge in [-0.2, -0.15) is 0 Å². The SMILES string of the molecule is CCC(C(C)C(C)C(C)C(C)C(C)C)C1(C)CCC1C. The summed E-state index contributed by atoms with van der Waals surface area (Å²) >= 11 is 0. The molecular formula is C20H40. The van der Waals surface area contributed by atoms with Crippen LogP contribution in [0.5, 0.6) is 0 Å². The van der Waals surface area contributed by atoms with E-state index in [9.17, 15) is 0 Å². The van der Waals surface area contributed by atoms with Gasteiger partial charge in [0.25, 0.3) is 0 Å². The summed E-state index contributed by atoms with van der Waals surface area (Å²) in [7, 11) is 0. The molecule has 0 saturated heterocycles. The molecule has 0 aromatic carbocycles. The summed E-state index contributed by atoms with van der Waals surface area (Å²) in [6.45, 7) is 22.2.